The first-order valence-corrected chi connectivity index (χ1v) is 9.67. The third-order valence-electron chi connectivity index (χ3n) is 5.37. The predicted molar refractivity (Wildman–Crippen MR) is 116 cm³/mol. The van der Waals surface area contributed by atoms with Crippen molar-refractivity contribution in [2.45, 2.75) is 26.3 Å². The van der Waals surface area contributed by atoms with Crippen LogP contribution in [-0.2, 0) is 6.42 Å². The molecule has 152 valence electrons. The van der Waals surface area contributed by atoms with Crippen LogP contribution in [0.4, 0.5) is 0 Å². The van der Waals surface area contributed by atoms with E-state index in [2.05, 4.69) is 41.5 Å². The molecule has 0 bridgehead atoms. The first kappa shape index (κ1) is 21.0. The zero-order chi connectivity index (χ0) is 19.7. The molecule has 0 saturated carbocycles. The van der Waals surface area contributed by atoms with Crippen LogP contribution in [0, 0.1) is 6.92 Å². The van der Waals surface area contributed by atoms with Gasteiger partial charge < -0.3 is 10.2 Å². The molecule has 6 nitrogen and oxygen atoms in total. The van der Waals surface area contributed by atoms with E-state index in [9.17, 15) is 9.59 Å². The van der Waals surface area contributed by atoms with E-state index in [1.165, 1.54) is 16.2 Å². The van der Waals surface area contributed by atoms with E-state index < -0.39 is 0 Å². The Kier molecular flexibility index (Phi) is 6.35. The minimum Gasteiger partial charge on any atom is -0.329 e. The van der Waals surface area contributed by atoms with E-state index in [4.69, 9.17) is 0 Å². The topological polar surface area (TPSA) is 66.7 Å². The molecule has 1 amide bonds. The number of pyridine rings is 1. The van der Waals surface area contributed by atoms with Crippen LogP contribution in [-0.4, -0.2) is 39.8 Å². The van der Waals surface area contributed by atoms with Crippen LogP contribution >= 0.6 is 12.4 Å². The first-order chi connectivity index (χ1) is 13.6. The lowest BCUT2D eigenvalue weighted by Gasteiger charge is -2.36. The summed E-state index contributed by atoms with van der Waals surface area (Å²) in [6, 6.07) is 11.9. The monoisotopic (exact) mass is 412 g/mol. The van der Waals surface area contributed by atoms with Crippen molar-refractivity contribution in [3.05, 3.63) is 81.4 Å². The van der Waals surface area contributed by atoms with Gasteiger partial charge in [-0.3, -0.25) is 14.0 Å². The molecule has 1 N–H and O–H groups in total. The first-order valence-electron chi connectivity index (χ1n) is 9.67. The van der Waals surface area contributed by atoms with Crippen molar-refractivity contribution in [2.75, 3.05) is 19.6 Å². The number of hydrogen-bond acceptors (Lipinski definition) is 4. The minimum absolute atomic E-state index is 0. The van der Waals surface area contributed by atoms with E-state index >= 15 is 0 Å². The van der Waals surface area contributed by atoms with Gasteiger partial charge >= 0.3 is 0 Å². The summed E-state index contributed by atoms with van der Waals surface area (Å²) in [6.07, 6.45) is 4.07. The fraction of sp³-hybridized carbons (Fsp3) is 0.318. The van der Waals surface area contributed by atoms with Crippen molar-refractivity contribution >= 4 is 24.0 Å². The highest BCUT2D eigenvalue weighted by Gasteiger charge is 2.30. The van der Waals surface area contributed by atoms with E-state index in [-0.39, 0.29) is 35.5 Å². The average molecular weight is 413 g/mol. The Morgan fingerprint density at radius 2 is 2.00 bits per heavy atom. The molecule has 1 saturated heterocycles. The Morgan fingerprint density at radius 1 is 1.24 bits per heavy atom. The highest BCUT2D eigenvalue weighted by Crippen LogP contribution is 2.24. The van der Waals surface area contributed by atoms with Gasteiger partial charge in [-0.05, 0) is 42.2 Å². The maximum Gasteiger partial charge on any atom is 0.270 e. The number of fused-ring (bicyclic) bond motifs is 1. The summed E-state index contributed by atoms with van der Waals surface area (Å²) in [4.78, 5) is 32.3. The second kappa shape index (κ2) is 8.76. The molecular formula is C22H25ClN4O2. The van der Waals surface area contributed by atoms with Gasteiger partial charge in [-0.25, -0.2) is 4.98 Å². The number of rotatable bonds is 3. The molecule has 1 fully saturated rings. The largest absolute Gasteiger partial charge is 0.329 e. The molecule has 1 aromatic carbocycles. The van der Waals surface area contributed by atoms with Gasteiger partial charge in [0.25, 0.3) is 11.5 Å². The van der Waals surface area contributed by atoms with Crippen molar-refractivity contribution in [3.63, 3.8) is 0 Å². The molecule has 29 heavy (non-hydrogen) atoms. The number of benzene rings is 1. The zero-order valence-corrected chi connectivity index (χ0v) is 17.4. The number of carbonyl (C=O) groups is 1. The summed E-state index contributed by atoms with van der Waals surface area (Å²) in [5.41, 5.74) is 3.68. The van der Waals surface area contributed by atoms with E-state index in [1.54, 1.807) is 11.1 Å². The Balaban J connectivity index is 0.00000240. The quantitative estimate of drug-likeness (QED) is 0.718. The molecular weight excluding hydrogens is 388 g/mol. The SMILES string of the molecule is CCc1ccc(C2CNCCN2C(=O)c2cnc3cc(C)ccn3c2=O)cc1.Cl. The van der Waals surface area contributed by atoms with Crippen LogP contribution in [0.5, 0.6) is 0 Å². The smallest absolute Gasteiger partial charge is 0.270 e. The third kappa shape index (κ3) is 4.04. The summed E-state index contributed by atoms with van der Waals surface area (Å²) in [5.74, 6) is -0.265. The van der Waals surface area contributed by atoms with Crippen LogP contribution in [0.1, 0.15) is 40.0 Å². The lowest BCUT2D eigenvalue weighted by atomic mass is 10.0. The molecule has 3 aromatic rings. The fourth-order valence-corrected chi connectivity index (χ4v) is 3.70. The number of amides is 1. The average Bonchev–Trinajstić information content (AvgIpc) is 2.73. The summed E-state index contributed by atoms with van der Waals surface area (Å²) >= 11 is 0. The Hall–Kier alpha value is -2.70. The molecule has 1 unspecified atom stereocenters. The molecule has 2 aromatic heterocycles. The van der Waals surface area contributed by atoms with Crippen LogP contribution in [0.2, 0.25) is 0 Å². The Bertz CT molecular complexity index is 1080. The molecule has 0 radical (unpaired) electrons. The van der Waals surface area contributed by atoms with Crippen LogP contribution < -0.4 is 10.9 Å². The van der Waals surface area contributed by atoms with Crippen molar-refractivity contribution in [3.8, 4) is 0 Å². The molecule has 1 aliphatic heterocycles. The van der Waals surface area contributed by atoms with Gasteiger partial charge in [-0.2, -0.15) is 0 Å². The van der Waals surface area contributed by atoms with Gasteiger partial charge in [0.2, 0.25) is 0 Å². The molecule has 7 heteroatoms. The highest BCUT2D eigenvalue weighted by atomic mass is 35.5. The van der Waals surface area contributed by atoms with E-state index in [0.29, 0.717) is 25.3 Å². The van der Waals surface area contributed by atoms with Gasteiger partial charge in [-0.1, -0.05) is 31.2 Å². The number of carbonyl (C=O) groups excluding carboxylic acids is 1. The number of halogens is 1. The number of nitrogens with one attached hydrogen (secondary N) is 1. The second-order valence-electron chi connectivity index (χ2n) is 7.22. The number of aryl methyl sites for hydroxylation is 2. The minimum atomic E-state index is -0.325. The zero-order valence-electron chi connectivity index (χ0n) is 16.6. The van der Waals surface area contributed by atoms with Gasteiger partial charge in [-0.15, -0.1) is 12.4 Å². The lowest BCUT2D eigenvalue weighted by molar-refractivity contribution is 0.0632. The van der Waals surface area contributed by atoms with Crippen molar-refractivity contribution in [2.24, 2.45) is 0 Å². The maximum absolute atomic E-state index is 13.3. The van der Waals surface area contributed by atoms with Gasteiger partial charge in [0.05, 0.1) is 6.04 Å². The third-order valence-corrected chi connectivity index (χ3v) is 5.37. The predicted octanol–water partition coefficient (Wildman–Crippen LogP) is 2.77. The van der Waals surface area contributed by atoms with Crippen LogP contribution in [0.15, 0.2) is 53.6 Å². The van der Waals surface area contributed by atoms with Crippen molar-refractivity contribution in [1.82, 2.24) is 19.6 Å². The van der Waals surface area contributed by atoms with Gasteiger partial charge in [0.1, 0.15) is 11.2 Å². The summed E-state index contributed by atoms with van der Waals surface area (Å²) in [7, 11) is 0. The van der Waals surface area contributed by atoms with E-state index in [1.807, 2.05) is 19.1 Å². The molecule has 3 heterocycles. The van der Waals surface area contributed by atoms with Gasteiger partial charge in [0.15, 0.2) is 0 Å². The maximum atomic E-state index is 13.3. The number of aromatic nitrogens is 2. The standard InChI is InChI=1S/C22H24N4O2.ClH/c1-3-16-4-6-17(7-5-16)19-14-23-9-11-25(19)21(27)18-13-24-20-12-15(2)8-10-26(20)22(18)28;/h4-8,10,12-13,19,23H,3,9,11,14H2,1-2H3;1H. The lowest BCUT2D eigenvalue weighted by Crippen LogP contribution is -2.49. The second-order valence-corrected chi connectivity index (χ2v) is 7.22. The summed E-state index contributed by atoms with van der Waals surface area (Å²) in [6.45, 7) is 5.99. The fourth-order valence-electron chi connectivity index (χ4n) is 3.70. The highest BCUT2D eigenvalue weighted by molar-refractivity contribution is 5.94. The molecule has 0 spiro atoms. The molecule has 4 rings (SSSR count). The van der Waals surface area contributed by atoms with Crippen molar-refractivity contribution in [1.29, 1.82) is 0 Å². The number of hydrogen-bond donors (Lipinski definition) is 1. The van der Waals surface area contributed by atoms with Gasteiger partial charge in [0, 0.05) is 32.0 Å². The summed E-state index contributed by atoms with van der Waals surface area (Å²) in [5, 5.41) is 3.36. The number of nitrogens with zero attached hydrogens (tertiary/aromatic N) is 3. The normalized spacial score (nSPS) is 16.5. The van der Waals surface area contributed by atoms with Crippen LogP contribution in [0.3, 0.4) is 0 Å². The van der Waals surface area contributed by atoms with E-state index in [0.717, 1.165) is 17.5 Å². The van der Waals surface area contributed by atoms with Crippen molar-refractivity contribution < 1.29 is 4.79 Å². The van der Waals surface area contributed by atoms with Crippen LogP contribution in [0.25, 0.3) is 5.65 Å². The Labute approximate surface area is 176 Å². The number of piperazine rings is 1. The molecule has 1 atom stereocenters. The molecule has 1 aliphatic rings. The Morgan fingerprint density at radius 3 is 2.72 bits per heavy atom. The molecule has 0 aliphatic carbocycles. The summed E-state index contributed by atoms with van der Waals surface area (Å²) < 4.78 is 1.44.